The third-order valence-corrected chi connectivity index (χ3v) is 2.97. The fourth-order valence-electron chi connectivity index (χ4n) is 2.17. The van der Waals surface area contributed by atoms with Crippen LogP contribution >= 0.6 is 0 Å². The van der Waals surface area contributed by atoms with Gasteiger partial charge in [0.15, 0.2) is 0 Å². The van der Waals surface area contributed by atoms with Crippen molar-refractivity contribution in [3.05, 3.63) is 42.0 Å². The van der Waals surface area contributed by atoms with Crippen LogP contribution in [0.25, 0.3) is 10.8 Å². The maximum atomic E-state index is 11.2. The molecule has 0 heterocycles. The number of aromatic carboxylic acids is 1. The molecule has 0 fully saturated rings. The first-order valence-electron chi connectivity index (χ1n) is 6.14. The molecule has 0 saturated carbocycles. The zero-order valence-corrected chi connectivity index (χ0v) is 11.0. The lowest BCUT2D eigenvalue weighted by Crippen LogP contribution is -2.21. The van der Waals surface area contributed by atoms with E-state index in [1.165, 1.54) is 0 Å². The molecule has 0 amide bonds. The summed E-state index contributed by atoms with van der Waals surface area (Å²) in [4.78, 5) is 11.2. The van der Waals surface area contributed by atoms with E-state index < -0.39 is 5.97 Å². The minimum absolute atomic E-state index is 0.157. The van der Waals surface area contributed by atoms with Crippen LogP contribution in [0.1, 0.15) is 17.3 Å². The number of rotatable bonds is 5. The lowest BCUT2D eigenvalue weighted by molar-refractivity contribution is 0.0699. The highest BCUT2D eigenvalue weighted by molar-refractivity contribution is 6.07. The third kappa shape index (κ3) is 2.85. The van der Waals surface area contributed by atoms with Gasteiger partial charge in [-0.3, -0.25) is 0 Å². The zero-order chi connectivity index (χ0) is 13.8. The lowest BCUT2D eigenvalue weighted by Gasteiger charge is -2.16. The predicted molar refractivity (Wildman–Crippen MR) is 75.9 cm³/mol. The summed E-state index contributed by atoms with van der Waals surface area (Å²) >= 11 is 0. The molecule has 2 rings (SSSR count). The fraction of sp³-hybridized carbons (Fsp3) is 0.267. The van der Waals surface area contributed by atoms with Crippen LogP contribution in [0.5, 0.6) is 0 Å². The highest BCUT2D eigenvalue weighted by Crippen LogP contribution is 2.27. The lowest BCUT2D eigenvalue weighted by atomic mass is 10.0. The van der Waals surface area contributed by atoms with E-state index in [2.05, 4.69) is 5.32 Å². The van der Waals surface area contributed by atoms with Crippen LogP contribution in [-0.2, 0) is 4.74 Å². The quantitative estimate of drug-likeness (QED) is 0.866. The molecule has 4 heteroatoms. The van der Waals surface area contributed by atoms with Crippen molar-refractivity contribution < 1.29 is 14.6 Å². The van der Waals surface area contributed by atoms with Crippen molar-refractivity contribution >= 4 is 22.4 Å². The zero-order valence-electron chi connectivity index (χ0n) is 11.0. The van der Waals surface area contributed by atoms with Gasteiger partial charge in [-0.2, -0.15) is 0 Å². The van der Waals surface area contributed by atoms with E-state index in [1.54, 1.807) is 19.2 Å². The van der Waals surface area contributed by atoms with E-state index in [9.17, 15) is 9.90 Å². The first-order valence-corrected chi connectivity index (χ1v) is 6.14. The standard InChI is InChI=1S/C15H17NO3/c1-10(9-19-2)16-14-8-7-13(15(17)18)11-5-3-4-6-12(11)14/h3-8,10,16H,9H2,1-2H3,(H,17,18). The molecule has 0 aliphatic rings. The van der Waals surface area contributed by atoms with E-state index in [0.29, 0.717) is 12.2 Å². The summed E-state index contributed by atoms with van der Waals surface area (Å²) in [5.41, 5.74) is 1.24. The van der Waals surface area contributed by atoms with Crippen molar-refractivity contribution in [2.75, 3.05) is 19.0 Å². The van der Waals surface area contributed by atoms with Gasteiger partial charge in [-0.1, -0.05) is 24.3 Å². The number of nitrogens with one attached hydrogen (secondary N) is 1. The van der Waals surface area contributed by atoms with Gasteiger partial charge in [-0.15, -0.1) is 0 Å². The maximum Gasteiger partial charge on any atom is 0.336 e. The van der Waals surface area contributed by atoms with Gasteiger partial charge in [0.25, 0.3) is 0 Å². The Balaban J connectivity index is 2.46. The average molecular weight is 259 g/mol. The van der Waals surface area contributed by atoms with Gasteiger partial charge in [0.2, 0.25) is 0 Å². The molecule has 1 atom stereocenters. The van der Waals surface area contributed by atoms with Gasteiger partial charge in [0, 0.05) is 24.2 Å². The first kappa shape index (κ1) is 13.4. The topological polar surface area (TPSA) is 58.6 Å². The van der Waals surface area contributed by atoms with Crippen molar-refractivity contribution in [1.82, 2.24) is 0 Å². The number of hydrogen-bond donors (Lipinski definition) is 2. The minimum Gasteiger partial charge on any atom is -0.478 e. The van der Waals surface area contributed by atoms with Gasteiger partial charge >= 0.3 is 5.97 Å². The Kier molecular flexibility index (Phi) is 4.02. The molecule has 2 N–H and O–H groups in total. The second-order valence-corrected chi connectivity index (χ2v) is 4.51. The van der Waals surface area contributed by atoms with Crippen LogP contribution in [0.3, 0.4) is 0 Å². The Bertz CT molecular complexity index is 595. The molecule has 1 unspecified atom stereocenters. The summed E-state index contributed by atoms with van der Waals surface area (Å²) in [5.74, 6) is -0.910. The van der Waals surface area contributed by atoms with Crippen molar-refractivity contribution in [3.8, 4) is 0 Å². The number of carboxylic acid groups (broad SMARTS) is 1. The van der Waals surface area contributed by atoms with Crippen LogP contribution < -0.4 is 5.32 Å². The summed E-state index contributed by atoms with van der Waals surface area (Å²) < 4.78 is 5.09. The maximum absolute atomic E-state index is 11.2. The Morgan fingerprint density at radius 2 is 1.95 bits per heavy atom. The van der Waals surface area contributed by atoms with E-state index >= 15 is 0 Å². The number of fused-ring (bicyclic) bond motifs is 1. The summed E-state index contributed by atoms with van der Waals surface area (Å²) in [7, 11) is 1.66. The van der Waals surface area contributed by atoms with Crippen molar-refractivity contribution in [3.63, 3.8) is 0 Å². The van der Waals surface area contributed by atoms with Gasteiger partial charge in [-0.05, 0) is 24.4 Å². The average Bonchev–Trinajstić information content (AvgIpc) is 2.39. The SMILES string of the molecule is COCC(C)Nc1ccc(C(=O)O)c2ccccc12. The highest BCUT2D eigenvalue weighted by atomic mass is 16.5. The number of methoxy groups -OCH3 is 1. The molecule has 2 aromatic rings. The Morgan fingerprint density at radius 3 is 2.58 bits per heavy atom. The Morgan fingerprint density at radius 1 is 1.26 bits per heavy atom. The molecule has 4 nitrogen and oxygen atoms in total. The first-order chi connectivity index (χ1) is 9.13. The number of benzene rings is 2. The second-order valence-electron chi connectivity index (χ2n) is 4.51. The van der Waals surface area contributed by atoms with Crippen LogP contribution in [0.2, 0.25) is 0 Å². The molecule has 100 valence electrons. The van der Waals surface area contributed by atoms with Gasteiger partial charge in [0.05, 0.1) is 12.2 Å². The molecule has 0 aliphatic carbocycles. The van der Waals surface area contributed by atoms with Gasteiger partial charge in [-0.25, -0.2) is 4.79 Å². The number of ether oxygens (including phenoxy) is 1. The normalized spacial score (nSPS) is 12.3. The van der Waals surface area contributed by atoms with Crippen molar-refractivity contribution in [2.45, 2.75) is 13.0 Å². The Hall–Kier alpha value is -2.07. The van der Waals surface area contributed by atoms with Crippen LogP contribution in [0, 0.1) is 0 Å². The predicted octanol–water partition coefficient (Wildman–Crippen LogP) is 2.98. The molecule has 2 aromatic carbocycles. The number of carbonyl (C=O) groups is 1. The fourth-order valence-corrected chi connectivity index (χ4v) is 2.17. The highest BCUT2D eigenvalue weighted by Gasteiger charge is 2.11. The molecule has 0 saturated heterocycles. The number of anilines is 1. The molecule has 0 aliphatic heterocycles. The van der Waals surface area contributed by atoms with E-state index in [-0.39, 0.29) is 6.04 Å². The molecular formula is C15H17NO3. The molecule has 0 bridgehead atoms. The van der Waals surface area contributed by atoms with Crippen molar-refractivity contribution in [1.29, 1.82) is 0 Å². The second kappa shape index (κ2) is 5.71. The summed E-state index contributed by atoms with van der Waals surface area (Å²) in [5, 5.41) is 14.2. The smallest absolute Gasteiger partial charge is 0.336 e. The van der Waals surface area contributed by atoms with Crippen LogP contribution in [0.15, 0.2) is 36.4 Å². The molecule has 0 aromatic heterocycles. The summed E-state index contributed by atoms with van der Waals surface area (Å²) in [6.45, 7) is 2.61. The van der Waals surface area contributed by atoms with Crippen molar-refractivity contribution in [2.24, 2.45) is 0 Å². The molecule has 19 heavy (non-hydrogen) atoms. The van der Waals surface area contributed by atoms with Crippen LogP contribution in [-0.4, -0.2) is 30.8 Å². The summed E-state index contributed by atoms with van der Waals surface area (Å²) in [6.07, 6.45) is 0. The Labute approximate surface area is 112 Å². The minimum atomic E-state index is -0.910. The molecule has 0 radical (unpaired) electrons. The number of hydrogen-bond acceptors (Lipinski definition) is 3. The van der Waals surface area contributed by atoms with E-state index in [1.807, 2.05) is 31.2 Å². The van der Waals surface area contributed by atoms with E-state index in [0.717, 1.165) is 16.5 Å². The third-order valence-electron chi connectivity index (χ3n) is 2.97. The monoisotopic (exact) mass is 259 g/mol. The largest absolute Gasteiger partial charge is 0.478 e. The molecule has 0 spiro atoms. The van der Waals surface area contributed by atoms with Crippen LogP contribution in [0.4, 0.5) is 5.69 Å². The van der Waals surface area contributed by atoms with Gasteiger partial charge < -0.3 is 15.2 Å². The van der Waals surface area contributed by atoms with E-state index in [4.69, 9.17) is 4.74 Å². The molecular weight excluding hydrogens is 242 g/mol. The van der Waals surface area contributed by atoms with Gasteiger partial charge in [0.1, 0.15) is 0 Å². The summed E-state index contributed by atoms with van der Waals surface area (Å²) in [6, 6.07) is 11.1. The number of carboxylic acids is 1.